The van der Waals surface area contributed by atoms with Crippen molar-refractivity contribution < 1.29 is 23.7 Å². The zero-order chi connectivity index (χ0) is 24.1. The molecule has 2 aromatic carbocycles. The molecule has 172 valence electrons. The number of nitrogens with zero attached hydrogens (tertiary/aromatic N) is 1. The number of hydrogen-bond acceptors (Lipinski definition) is 7. The van der Waals surface area contributed by atoms with E-state index in [1.807, 2.05) is 18.2 Å². The molecule has 1 aliphatic heterocycles. The van der Waals surface area contributed by atoms with Crippen LogP contribution in [-0.4, -0.2) is 19.7 Å². The molecule has 2 aromatic rings. The molecule has 9 heteroatoms. The third-order valence-corrected chi connectivity index (χ3v) is 5.97. The van der Waals surface area contributed by atoms with E-state index >= 15 is 0 Å². The second kappa shape index (κ2) is 10.6. The van der Waals surface area contributed by atoms with E-state index in [4.69, 9.17) is 36.3 Å². The maximum atomic E-state index is 12.7. The van der Waals surface area contributed by atoms with Gasteiger partial charge in [0.15, 0.2) is 11.5 Å². The standard InChI is InChI=1S/C24H22BrClN2O5/c1-4-31-24(29)20-13(2)33-23(28)16(11-27)21(20)15-9-17(25)22(19(10-15)30-3)32-12-14-7-5-6-8-18(14)26/h5-10,21H,4,12,28H2,1-3H3. The van der Waals surface area contributed by atoms with E-state index in [0.717, 1.165) is 5.56 Å². The normalized spacial score (nSPS) is 15.6. The van der Waals surface area contributed by atoms with Crippen LogP contribution in [0.2, 0.25) is 5.02 Å². The topological polar surface area (TPSA) is 104 Å². The Bertz CT molecular complexity index is 1190. The number of carbonyl (C=O) groups excluding carboxylic acids is 1. The zero-order valence-electron chi connectivity index (χ0n) is 18.3. The van der Waals surface area contributed by atoms with Gasteiger partial charge in [0.2, 0.25) is 5.88 Å². The van der Waals surface area contributed by atoms with Crippen LogP contribution in [0.25, 0.3) is 0 Å². The van der Waals surface area contributed by atoms with Crippen molar-refractivity contribution in [1.82, 2.24) is 0 Å². The van der Waals surface area contributed by atoms with Crippen LogP contribution in [0.4, 0.5) is 0 Å². The predicted molar refractivity (Wildman–Crippen MR) is 126 cm³/mol. The summed E-state index contributed by atoms with van der Waals surface area (Å²) in [5, 5.41) is 10.4. The van der Waals surface area contributed by atoms with E-state index in [0.29, 0.717) is 26.6 Å². The van der Waals surface area contributed by atoms with Crippen molar-refractivity contribution in [1.29, 1.82) is 5.26 Å². The van der Waals surface area contributed by atoms with E-state index in [1.54, 1.807) is 32.0 Å². The highest BCUT2D eigenvalue weighted by molar-refractivity contribution is 9.10. The molecular weight excluding hydrogens is 512 g/mol. The Hall–Kier alpha value is -3.15. The van der Waals surface area contributed by atoms with Crippen LogP contribution in [0.15, 0.2) is 63.7 Å². The number of hydrogen-bond donors (Lipinski definition) is 1. The average Bonchev–Trinajstić information content (AvgIpc) is 2.78. The van der Waals surface area contributed by atoms with Crippen LogP contribution < -0.4 is 15.2 Å². The van der Waals surface area contributed by atoms with Gasteiger partial charge in [0, 0.05) is 10.6 Å². The summed E-state index contributed by atoms with van der Waals surface area (Å²) in [6.07, 6.45) is 0. The number of carbonyl (C=O) groups is 1. The zero-order valence-corrected chi connectivity index (χ0v) is 20.6. The number of nitrogens with two attached hydrogens (primary N) is 1. The van der Waals surface area contributed by atoms with Crippen molar-refractivity contribution in [3.63, 3.8) is 0 Å². The minimum Gasteiger partial charge on any atom is -0.493 e. The van der Waals surface area contributed by atoms with Crippen molar-refractivity contribution in [2.45, 2.75) is 26.4 Å². The van der Waals surface area contributed by atoms with Crippen LogP contribution in [0.5, 0.6) is 11.5 Å². The monoisotopic (exact) mass is 532 g/mol. The van der Waals surface area contributed by atoms with Gasteiger partial charge in [-0.1, -0.05) is 29.8 Å². The average molecular weight is 534 g/mol. The van der Waals surface area contributed by atoms with Gasteiger partial charge >= 0.3 is 5.97 Å². The molecule has 1 unspecified atom stereocenters. The largest absolute Gasteiger partial charge is 0.493 e. The third kappa shape index (κ3) is 5.10. The minimum atomic E-state index is -0.800. The van der Waals surface area contributed by atoms with Gasteiger partial charge < -0.3 is 24.7 Å². The van der Waals surface area contributed by atoms with Crippen molar-refractivity contribution in [3.05, 3.63) is 79.8 Å². The quantitative estimate of drug-likeness (QED) is 0.479. The Labute approximate surface area is 205 Å². The van der Waals surface area contributed by atoms with Gasteiger partial charge in [0.1, 0.15) is 24.0 Å². The molecule has 0 aliphatic carbocycles. The molecule has 0 fully saturated rings. The maximum Gasteiger partial charge on any atom is 0.338 e. The lowest BCUT2D eigenvalue weighted by atomic mass is 9.83. The van der Waals surface area contributed by atoms with Gasteiger partial charge in [-0.05, 0) is 53.5 Å². The Balaban J connectivity index is 2.06. The molecular formula is C24H22BrClN2O5. The molecule has 0 saturated heterocycles. The van der Waals surface area contributed by atoms with Crippen molar-refractivity contribution >= 4 is 33.5 Å². The fourth-order valence-electron chi connectivity index (χ4n) is 3.50. The third-order valence-electron chi connectivity index (χ3n) is 5.02. The number of benzene rings is 2. The number of methoxy groups -OCH3 is 1. The SMILES string of the molecule is CCOC(=O)C1=C(C)OC(N)=C(C#N)C1c1cc(Br)c(OCc2ccccc2Cl)c(OC)c1. The molecule has 1 atom stereocenters. The highest BCUT2D eigenvalue weighted by atomic mass is 79.9. The van der Waals surface area contributed by atoms with Gasteiger partial charge in [0.05, 0.1) is 29.7 Å². The van der Waals surface area contributed by atoms with Crippen LogP contribution >= 0.6 is 27.5 Å². The Morgan fingerprint density at radius 1 is 1.33 bits per heavy atom. The fraction of sp³-hybridized carbons (Fsp3) is 0.250. The summed E-state index contributed by atoms with van der Waals surface area (Å²) in [4.78, 5) is 12.7. The highest BCUT2D eigenvalue weighted by Gasteiger charge is 2.37. The number of ether oxygens (including phenoxy) is 4. The van der Waals surface area contributed by atoms with Crippen LogP contribution in [0.1, 0.15) is 30.9 Å². The van der Waals surface area contributed by atoms with Gasteiger partial charge in [-0.3, -0.25) is 0 Å². The van der Waals surface area contributed by atoms with Gasteiger partial charge in [-0.15, -0.1) is 0 Å². The molecule has 1 heterocycles. The Morgan fingerprint density at radius 2 is 2.06 bits per heavy atom. The summed E-state index contributed by atoms with van der Waals surface area (Å²) in [5.41, 5.74) is 7.66. The summed E-state index contributed by atoms with van der Waals surface area (Å²) < 4.78 is 22.8. The second-order valence-corrected chi connectivity index (χ2v) is 8.29. The van der Waals surface area contributed by atoms with E-state index in [9.17, 15) is 10.1 Å². The first-order valence-electron chi connectivity index (χ1n) is 10.0. The van der Waals surface area contributed by atoms with Crippen LogP contribution in [0.3, 0.4) is 0 Å². The summed E-state index contributed by atoms with van der Waals surface area (Å²) in [7, 11) is 1.50. The first-order chi connectivity index (χ1) is 15.8. The van der Waals surface area contributed by atoms with Gasteiger partial charge in [0.25, 0.3) is 0 Å². The van der Waals surface area contributed by atoms with Gasteiger partial charge in [-0.2, -0.15) is 5.26 Å². The lowest BCUT2D eigenvalue weighted by Crippen LogP contribution is -2.25. The molecule has 33 heavy (non-hydrogen) atoms. The molecule has 0 spiro atoms. The Morgan fingerprint density at radius 3 is 2.70 bits per heavy atom. The summed E-state index contributed by atoms with van der Waals surface area (Å²) in [6, 6.07) is 12.9. The van der Waals surface area contributed by atoms with Gasteiger partial charge in [-0.25, -0.2) is 4.79 Å². The van der Waals surface area contributed by atoms with E-state index in [-0.39, 0.29) is 36.0 Å². The second-order valence-electron chi connectivity index (χ2n) is 7.03. The smallest absolute Gasteiger partial charge is 0.338 e. The minimum absolute atomic E-state index is 0.0674. The van der Waals surface area contributed by atoms with Crippen LogP contribution in [0, 0.1) is 11.3 Å². The number of halogens is 2. The molecule has 3 rings (SSSR count). The van der Waals surface area contributed by atoms with E-state index in [1.165, 1.54) is 7.11 Å². The molecule has 7 nitrogen and oxygen atoms in total. The predicted octanol–water partition coefficient (Wildman–Crippen LogP) is 5.33. The summed E-state index contributed by atoms with van der Waals surface area (Å²) in [6.45, 7) is 3.69. The van der Waals surface area contributed by atoms with E-state index < -0.39 is 11.9 Å². The number of nitriles is 1. The van der Waals surface area contributed by atoms with E-state index in [2.05, 4.69) is 22.0 Å². The molecule has 0 radical (unpaired) electrons. The molecule has 0 bridgehead atoms. The lowest BCUT2D eigenvalue weighted by molar-refractivity contribution is -0.139. The Kier molecular flexibility index (Phi) is 7.90. The van der Waals surface area contributed by atoms with Crippen LogP contribution in [-0.2, 0) is 20.9 Å². The summed E-state index contributed by atoms with van der Waals surface area (Å²) >= 11 is 9.76. The highest BCUT2D eigenvalue weighted by Crippen LogP contribution is 2.45. The first-order valence-corrected chi connectivity index (χ1v) is 11.2. The number of allylic oxidation sites excluding steroid dienone is 2. The maximum absolute atomic E-state index is 12.7. The molecule has 1 aliphatic rings. The number of rotatable bonds is 7. The summed E-state index contributed by atoms with van der Waals surface area (Å²) in [5.74, 6) is -0.344. The fourth-order valence-corrected chi connectivity index (χ4v) is 4.26. The van der Waals surface area contributed by atoms with Crippen molar-refractivity contribution in [3.8, 4) is 17.6 Å². The number of esters is 1. The molecule has 0 aromatic heterocycles. The van der Waals surface area contributed by atoms with Crippen molar-refractivity contribution in [2.75, 3.05) is 13.7 Å². The molecule has 0 saturated carbocycles. The molecule has 0 amide bonds. The first kappa shape index (κ1) is 24.5. The lowest BCUT2D eigenvalue weighted by Gasteiger charge is -2.27. The molecule has 2 N–H and O–H groups in total. The van der Waals surface area contributed by atoms with Crippen molar-refractivity contribution in [2.24, 2.45) is 5.73 Å².